The second-order valence-electron chi connectivity index (χ2n) is 33.9. The summed E-state index contributed by atoms with van der Waals surface area (Å²) in [7, 11) is -2.21. The molecule has 9 heterocycles. The Hall–Kier alpha value is -14.6. The van der Waals surface area contributed by atoms with Gasteiger partial charge in [0.15, 0.2) is 34.6 Å². The number of hydrogen-bond acceptors (Lipinski definition) is 17. The number of halogens is 6. The van der Waals surface area contributed by atoms with E-state index in [1.807, 2.05) is 178 Å². The van der Waals surface area contributed by atoms with Crippen LogP contribution in [-0.4, -0.2) is 59.2 Å². The Labute approximate surface area is 783 Å². The van der Waals surface area contributed by atoms with Crippen molar-refractivity contribution in [1.29, 1.82) is 0 Å². The van der Waals surface area contributed by atoms with Gasteiger partial charge in [-0.15, -0.1) is 0 Å². The molecule has 0 saturated heterocycles. The average Bonchev–Trinajstić information content (AvgIpc) is 1.63. The molecule has 0 amide bonds. The van der Waals surface area contributed by atoms with E-state index in [1.165, 1.54) is 77.0 Å². The number of carbonyl (C=O) groups is 7. The highest BCUT2D eigenvalue weighted by Gasteiger charge is 2.47. The van der Waals surface area contributed by atoms with Gasteiger partial charge in [0.25, 0.3) is 0 Å². The van der Waals surface area contributed by atoms with Crippen LogP contribution in [0.5, 0.6) is 11.5 Å². The van der Waals surface area contributed by atoms with E-state index in [0.717, 1.165) is 69.4 Å². The van der Waals surface area contributed by atoms with Crippen LogP contribution in [0.3, 0.4) is 0 Å². The zero-order valence-corrected chi connectivity index (χ0v) is 75.8. The maximum Gasteiger partial charge on any atom is 0.248 e. The maximum absolute atomic E-state index is 14.3. The van der Waals surface area contributed by atoms with Gasteiger partial charge in [-0.3, -0.25) is 52.7 Å². The number of aromatic nitrogens is 1. The van der Waals surface area contributed by atoms with Crippen LogP contribution in [0.25, 0.3) is 52.0 Å². The molecule has 652 valence electrons. The number of thioether (sulfide) groups is 1. The first-order valence-corrected chi connectivity index (χ1v) is 48.0. The third-order valence-electron chi connectivity index (χ3n) is 25.3. The van der Waals surface area contributed by atoms with Crippen LogP contribution in [0.1, 0.15) is 146 Å². The molecule has 0 radical (unpaired) electrons. The molecule has 5 aromatic heterocycles. The fourth-order valence-corrected chi connectivity index (χ4v) is 23.6. The van der Waals surface area contributed by atoms with Crippen molar-refractivity contribution in [2.75, 3.05) is 14.7 Å². The summed E-state index contributed by atoms with van der Waals surface area (Å²) in [5.41, 5.74) is 9.09. The summed E-state index contributed by atoms with van der Waals surface area (Å²) in [6.07, 6.45) is 10.8. The van der Waals surface area contributed by atoms with Crippen LogP contribution >= 0.6 is 58.2 Å². The van der Waals surface area contributed by atoms with Crippen molar-refractivity contribution < 1.29 is 64.7 Å². The fourth-order valence-electron chi connectivity index (χ4n) is 18.8. The van der Waals surface area contributed by atoms with Gasteiger partial charge in [-0.25, -0.2) is 8.78 Å². The molecule has 0 atom stereocenters. The molecule has 8 aliphatic rings. The number of furan rings is 4. The second-order valence-corrected chi connectivity index (χ2v) is 40.9. The Morgan fingerprint density at radius 1 is 0.398 bits per heavy atom. The number of fused-ring (bicyclic) bond motifs is 12. The van der Waals surface area contributed by atoms with E-state index in [2.05, 4.69) is 68.2 Å². The lowest BCUT2D eigenvalue weighted by molar-refractivity contribution is 0.0973. The molecule has 17 nitrogen and oxygen atoms in total. The van der Waals surface area contributed by atoms with E-state index >= 15 is 0 Å². The van der Waals surface area contributed by atoms with Crippen LogP contribution in [0.15, 0.2) is 322 Å². The van der Waals surface area contributed by atoms with E-state index in [-0.39, 0.29) is 77.6 Å². The Balaban J connectivity index is 0.000000107. The lowest BCUT2D eigenvalue weighted by Crippen LogP contribution is -2.57. The minimum atomic E-state index is -2.21. The Morgan fingerprint density at radius 3 is 1.52 bits per heavy atom. The summed E-state index contributed by atoms with van der Waals surface area (Å²) < 4.78 is 61.5. The second kappa shape index (κ2) is 33.4. The quantitative estimate of drug-likeness (QED) is 0.0786. The number of carbonyl (C=O) groups excluding carboxylic acids is 7. The summed E-state index contributed by atoms with van der Waals surface area (Å²) in [5, 5.41) is 4.38. The Morgan fingerprint density at radius 2 is 0.887 bits per heavy atom. The van der Waals surface area contributed by atoms with Crippen LogP contribution in [-0.2, 0) is 5.41 Å². The highest BCUT2D eigenvalue weighted by Crippen LogP contribution is 2.56. The number of Topliss-reactive ketones (excluding diaryl/α,β-unsaturated/α-hetero) is 7. The number of ketones is 7. The molecule has 16 aromatic rings. The standard InChI is InChI=1S/C28H19F2NO3Si.C27H23Cl2NO2S.C27H15NO4.C26H13Cl2NO4/c1-35(2)22-11-7-6-10-21(22)31(16-8-4-3-5-9-16)28-23(35)15-17(34-28)14-18-26(32)24-19(29)12-13-20(30)25(24)27(18)33;1-27(2)18-9-5-6-10-22(18)30(15-7-3-4-8-15)26-19(27)11-16(32-26)12-24-25(31)17-13-20(28)21(29)14-23(17)33-24;29-24-18-10-4-5-11-19(18)25(30)21(24)14-17-15-22-26(31)20-12-6-7-13-23(20)28(27(22)32-17)16-8-2-1-3-9-16;27-17-10-11-18(28)23-22(17)24(30)16(25(23)31)12-15-13-21-26(32-15)29(14-6-2-1-3-7-14)19-8-4-5-9-20(19)33-21/h3-15H,1-2H3;5-6,9-15H,3-4,7-8H2,1-2H3;1-15H;1-13H/b;24-12-;;. The number of benzene rings is 11. The molecule has 1 saturated carbocycles. The van der Waals surface area contributed by atoms with Gasteiger partial charge in [-0.1, -0.05) is 237 Å². The van der Waals surface area contributed by atoms with Gasteiger partial charge < -0.3 is 27.3 Å². The molecule has 4 aliphatic heterocycles. The summed E-state index contributed by atoms with van der Waals surface area (Å²) in [5.74, 6) is -0.533. The third-order valence-corrected chi connectivity index (χ3v) is 31.2. The SMILES string of the molecule is CC1(C)c2ccccc2N(C2CCCC2)c2oc(/C=C3\Sc4cc(Cl)c(Cl)cc4C3=O)cc21.C[Si]1(C)c2ccccc2N(c2ccccc2)c2oc(C=C3C(=O)c4c(F)ccc(F)c4C3=O)cc21.O=C1C(=Cc2cc3c(=O)c4ccccc4n(-c4ccccc4)c3o2)C(=O)c2ccccc21.O=C1C(=Cc2cc3c(o2)N(c2ccccc2)c2ccccc2O3)C(=O)c2c(Cl)ccc(Cl)c21. The fraction of sp³-hybridized carbons (Fsp3) is 0.0926. The lowest BCUT2D eigenvalue weighted by atomic mass is 9.75. The van der Waals surface area contributed by atoms with Gasteiger partial charge in [0.1, 0.15) is 42.7 Å². The van der Waals surface area contributed by atoms with Crippen molar-refractivity contribution in [3.8, 4) is 17.2 Å². The van der Waals surface area contributed by atoms with Gasteiger partial charge in [-0.05, 0) is 175 Å². The third kappa shape index (κ3) is 14.4. The number of ether oxygens (including phenoxy) is 1. The topological polar surface area (TPSA) is 213 Å². The Kier molecular flexibility index (Phi) is 21.4. The van der Waals surface area contributed by atoms with Gasteiger partial charge in [0, 0.05) is 83.7 Å². The van der Waals surface area contributed by atoms with E-state index in [0.29, 0.717) is 94.5 Å². The molecule has 24 rings (SSSR count). The molecule has 0 unspecified atom stereocenters. The highest BCUT2D eigenvalue weighted by atomic mass is 35.5. The molecule has 0 spiro atoms. The zero-order chi connectivity index (χ0) is 91.9. The highest BCUT2D eigenvalue weighted by molar-refractivity contribution is 8.04. The van der Waals surface area contributed by atoms with Crippen molar-refractivity contribution in [3.63, 3.8) is 0 Å². The van der Waals surface area contributed by atoms with Crippen molar-refractivity contribution in [1.82, 2.24) is 4.57 Å². The number of para-hydroxylation sites is 8. The summed E-state index contributed by atoms with van der Waals surface area (Å²) >= 11 is 26.1. The molecular formula is C108H70Cl4F2N4O13SSi. The molecule has 0 N–H and O–H groups in total. The van der Waals surface area contributed by atoms with Gasteiger partial charge in [-0.2, -0.15) is 0 Å². The van der Waals surface area contributed by atoms with Crippen LogP contribution in [0.2, 0.25) is 33.2 Å². The molecule has 25 heteroatoms. The molecule has 11 aromatic carbocycles. The van der Waals surface area contributed by atoms with Crippen molar-refractivity contribution in [2.24, 2.45) is 0 Å². The molecule has 133 heavy (non-hydrogen) atoms. The van der Waals surface area contributed by atoms with Crippen molar-refractivity contribution in [3.05, 3.63) is 410 Å². The lowest BCUT2D eigenvalue weighted by Gasteiger charge is -2.41. The summed E-state index contributed by atoms with van der Waals surface area (Å²) in [6, 6.07) is 83.3. The minimum absolute atomic E-state index is 0.0357. The monoisotopic (exact) mass is 1870 g/mol. The smallest absolute Gasteiger partial charge is 0.248 e. The van der Waals surface area contributed by atoms with Crippen LogP contribution in [0.4, 0.5) is 54.9 Å². The first-order chi connectivity index (χ1) is 64.3. The number of anilines is 8. The first kappa shape index (κ1) is 85.2. The zero-order valence-electron chi connectivity index (χ0n) is 71.0. The summed E-state index contributed by atoms with van der Waals surface area (Å²) in [4.78, 5) is 111. The number of nitrogens with zero attached hydrogens (tertiary/aromatic N) is 4. The normalized spacial score (nSPS) is 15.8. The number of hydrogen-bond donors (Lipinski definition) is 0. The number of pyridine rings is 1. The van der Waals surface area contributed by atoms with Crippen LogP contribution < -0.4 is 35.2 Å². The molecular weight excluding hydrogens is 1800 g/mol. The number of allylic oxidation sites excluding steroid dienone is 4. The molecule has 0 bridgehead atoms. The average molecular weight is 1870 g/mol. The molecule has 4 aliphatic carbocycles. The van der Waals surface area contributed by atoms with E-state index in [1.54, 1.807) is 54.6 Å². The first-order valence-electron chi connectivity index (χ1n) is 42.7. The van der Waals surface area contributed by atoms with E-state index in [4.69, 9.17) is 68.8 Å². The van der Waals surface area contributed by atoms with Gasteiger partial charge in [0.2, 0.25) is 46.1 Å². The van der Waals surface area contributed by atoms with Crippen LogP contribution in [0, 0.1) is 11.6 Å². The maximum atomic E-state index is 14.3. The van der Waals surface area contributed by atoms with Gasteiger partial charge in [0.05, 0.1) is 80.6 Å². The largest absolute Gasteiger partial charge is 0.449 e. The summed E-state index contributed by atoms with van der Waals surface area (Å²) in [6.45, 7) is 8.93. The van der Waals surface area contributed by atoms with Crippen molar-refractivity contribution in [2.45, 2.75) is 69.0 Å². The van der Waals surface area contributed by atoms with E-state index in [9.17, 15) is 47.1 Å². The Bertz CT molecular complexity index is 7830. The van der Waals surface area contributed by atoms with Crippen molar-refractivity contribution >= 4 is 209 Å². The predicted octanol–water partition coefficient (Wildman–Crippen LogP) is 27.1. The predicted molar refractivity (Wildman–Crippen MR) is 518 cm³/mol. The van der Waals surface area contributed by atoms with Gasteiger partial charge >= 0.3 is 0 Å². The minimum Gasteiger partial charge on any atom is -0.449 e. The van der Waals surface area contributed by atoms with E-state index < -0.39 is 54.0 Å². The molecule has 1 fully saturated rings. The number of rotatable bonds is 8.